The van der Waals surface area contributed by atoms with E-state index in [0.717, 1.165) is 19.3 Å². The fourth-order valence-electron chi connectivity index (χ4n) is 2.23. The molecule has 1 nitrogen and oxygen atoms in total. The largest absolute Gasteiger partial charge is 0.324 e. The Morgan fingerprint density at radius 1 is 1.07 bits per heavy atom. The quantitative estimate of drug-likeness (QED) is 0.779. The van der Waals surface area contributed by atoms with E-state index in [0.29, 0.717) is 5.92 Å². The summed E-state index contributed by atoms with van der Waals surface area (Å²) in [5.74, 6) is 0.609. The van der Waals surface area contributed by atoms with Gasteiger partial charge < -0.3 is 5.73 Å². The molecule has 1 aromatic rings. The fraction of sp³-hybridized carbons (Fsp3) is 0.571. The van der Waals surface area contributed by atoms with Crippen molar-refractivity contribution in [3.8, 4) is 0 Å². The molecule has 0 aliphatic rings. The number of hydrogen-bond donors (Lipinski definition) is 1. The highest BCUT2D eigenvalue weighted by molar-refractivity contribution is 5.30. The van der Waals surface area contributed by atoms with Gasteiger partial charge in [0.25, 0.3) is 0 Å². The SMILES string of the molecule is CCc1ccccc1C(N)C(CC)CC. The molecule has 0 aliphatic heterocycles. The van der Waals surface area contributed by atoms with Crippen LogP contribution in [0.4, 0.5) is 0 Å². The highest BCUT2D eigenvalue weighted by atomic mass is 14.7. The first-order chi connectivity index (χ1) is 7.24. The Balaban J connectivity index is 2.93. The summed E-state index contributed by atoms with van der Waals surface area (Å²) in [5, 5.41) is 0. The van der Waals surface area contributed by atoms with Gasteiger partial charge in [-0.3, -0.25) is 0 Å². The molecule has 1 aromatic carbocycles. The molecule has 0 spiro atoms. The van der Waals surface area contributed by atoms with Crippen molar-refractivity contribution in [1.29, 1.82) is 0 Å². The minimum Gasteiger partial charge on any atom is -0.324 e. The lowest BCUT2D eigenvalue weighted by molar-refractivity contribution is 0.404. The maximum Gasteiger partial charge on any atom is 0.0326 e. The molecule has 0 amide bonds. The van der Waals surface area contributed by atoms with Crippen LogP contribution in [0.1, 0.15) is 50.8 Å². The summed E-state index contributed by atoms with van der Waals surface area (Å²) < 4.78 is 0. The number of nitrogens with two attached hydrogens (primary N) is 1. The molecule has 0 saturated heterocycles. The fourth-order valence-corrected chi connectivity index (χ4v) is 2.23. The lowest BCUT2D eigenvalue weighted by Crippen LogP contribution is -2.21. The van der Waals surface area contributed by atoms with Crippen LogP contribution < -0.4 is 5.73 Å². The summed E-state index contributed by atoms with van der Waals surface area (Å²) in [6.07, 6.45) is 3.40. The molecule has 1 atom stereocenters. The second kappa shape index (κ2) is 5.92. The molecule has 15 heavy (non-hydrogen) atoms. The lowest BCUT2D eigenvalue weighted by Gasteiger charge is -2.23. The summed E-state index contributed by atoms with van der Waals surface area (Å²) in [7, 11) is 0. The van der Waals surface area contributed by atoms with Crippen LogP contribution in [-0.2, 0) is 6.42 Å². The van der Waals surface area contributed by atoms with E-state index in [1.54, 1.807) is 0 Å². The van der Waals surface area contributed by atoms with Crippen LogP contribution in [0.3, 0.4) is 0 Å². The van der Waals surface area contributed by atoms with Gasteiger partial charge in [0.2, 0.25) is 0 Å². The number of rotatable bonds is 5. The van der Waals surface area contributed by atoms with E-state index in [1.807, 2.05) is 0 Å². The summed E-state index contributed by atoms with van der Waals surface area (Å²) in [5.41, 5.74) is 9.08. The van der Waals surface area contributed by atoms with Crippen LogP contribution in [0.2, 0.25) is 0 Å². The van der Waals surface area contributed by atoms with Crippen LogP contribution in [0, 0.1) is 5.92 Å². The first-order valence-electron chi connectivity index (χ1n) is 6.07. The second-order valence-corrected chi connectivity index (χ2v) is 4.15. The average molecular weight is 205 g/mol. The summed E-state index contributed by atoms with van der Waals surface area (Å²) in [6.45, 7) is 6.64. The number of aryl methyl sites for hydroxylation is 1. The highest BCUT2D eigenvalue weighted by Crippen LogP contribution is 2.27. The molecule has 0 aliphatic carbocycles. The lowest BCUT2D eigenvalue weighted by atomic mass is 9.87. The van der Waals surface area contributed by atoms with Gasteiger partial charge in [-0.1, -0.05) is 57.9 Å². The first-order valence-corrected chi connectivity index (χ1v) is 6.07. The minimum atomic E-state index is 0.205. The molecule has 0 aromatic heterocycles. The standard InChI is InChI=1S/C14H23N/c1-4-11(5-2)14(15)13-10-8-7-9-12(13)6-3/h7-11,14H,4-6,15H2,1-3H3. The Labute approximate surface area is 93.7 Å². The molecule has 0 saturated carbocycles. The van der Waals surface area contributed by atoms with E-state index in [9.17, 15) is 0 Å². The van der Waals surface area contributed by atoms with E-state index in [1.165, 1.54) is 11.1 Å². The molecule has 1 unspecified atom stereocenters. The maximum absolute atomic E-state index is 6.34. The zero-order chi connectivity index (χ0) is 11.3. The van der Waals surface area contributed by atoms with Gasteiger partial charge in [-0.15, -0.1) is 0 Å². The monoisotopic (exact) mass is 205 g/mol. The Hall–Kier alpha value is -0.820. The van der Waals surface area contributed by atoms with Crippen molar-refractivity contribution in [2.24, 2.45) is 11.7 Å². The summed E-state index contributed by atoms with van der Waals surface area (Å²) >= 11 is 0. The van der Waals surface area contributed by atoms with Gasteiger partial charge in [-0.25, -0.2) is 0 Å². The molecule has 0 bridgehead atoms. The third-order valence-electron chi connectivity index (χ3n) is 3.35. The summed E-state index contributed by atoms with van der Waals surface area (Å²) in [4.78, 5) is 0. The van der Waals surface area contributed by atoms with Crippen LogP contribution in [0.5, 0.6) is 0 Å². The summed E-state index contributed by atoms with van der Waals surface area (Å²) in [6, 6.07) is 8.77. The predicted molar refractivity (Wildman–Crippen MR) is 66.8 cm³/mol. The van der Waals surface area contributed by atoms with Crippen molar-refractivity contribution in [3.05, 3.63) is 35.4 Å². The Morgan fingerprint density at radius 3 is 2.20 bits per heavy atom. The van der Waals surface area contributed by atoms with E-state index in [-0.39, 0.29) is 6.04 Å². The molecule has 0 heterocycles. The number of hydrogen-bond acceptors (Lipinski definition) is 1. The van der Waals surface area contributed by atoms with Gasteiger partial charge in [0.1, 0.15) is 0 Å². The van der Waals surface area contributed by atoms with Crippen molar-refractivity contribution in [2.45, 2.75) is 46.1 Å². The Bertz CT molecular complexity index is 289. The van der Waals surface area contributed by atoms with E-state index in [2.05, 4.69) is 45.0 Å². The molecule has 0 radical (unpaired) electrons. The zero-order valence-corrected chi connectivity index (χ0v) is 10.2. The van der Waals surface area contributed by atoms with Gasteiger partial charge in [-0.05, 0) is 23.5 Å². The van der Waals surface area contributed by atoms with Crippen molar-refractivity contribution in [3.63, 3.8) is 0 Å². The van der Waals surface area contributed by atoms with E-state index < -0.39 is 0 Å². The third kappa shape index (κ3) is 2.82. The van der Waals surface area contributed by atoms with Crippen LogP contribution >= 0.6 is 0 Å². The van der Waals surface area contributed by atoms with Gasteiger partial charge in [0.05, 0.1) is 0 Å². The van der Waals surface area contributed by atoms with Crippen molar-refractivity contribution in [2.75, 3.05) is 0 Å². The average Bonchev–Trinajstić information content (AvgIpc) is 2.30. The van der Waals surface area contributed by atoms with E-state index >= 15 is 0 Å². The van der Waals surface area contributed by atoms with Crippen molar-refractivity contribution < 1.29 is 0 Å². The Morgan fingerprint density at radius 2 is 1.67 bits per heavy atom. The molecule has 2 N–H and O–H groups in total. The van der Waals surface area contributed by atoms with Gasteiger partial charge in [0.15, 0.2) is 0 Å². The molecule has 1 heteroatoms. The zero-order valence-electron chi connectivity index (χ0n) is 10.2. The maximum atomic E-state index is 6.34. The topological polar surface area (TPSA) is 26.0 Å². The first kappa shape index (κ1) is 12.3. The van der Waals surface area contributed by atoms with Crippen molar-refractivity contribution in [1.82, 2.24) is 0 Å². The molecule has 0 fully saturated rings. The normalized spacial score (nSPS) is 13.1. The smallest absolute Gasteiger partial charge is 0.0326 e. The van der Waals surface area contributed by atoms with Gasteiger partial charge >= 0.3 is 0 Å². The van der Waals surface area contributed by atoms with Crippen molar-refractivity contribution >= 4 is 0 Å². The Kier molecular flexibility index (Phi) is 4.83. The number of benzene rings is 1. The van der Waals surface area contributed by atoms with Crippen LogP contribution in [0.25, 0.3) is 0 Å². The molecular weight excluding hydrogens is 182 g/mol. The highest BCUT2D eigenvalue weighted by Gasteiger charge is 2.17. The van der Waals surface area contributed by atoms with Crippen LogP contribution in [0.15, 0.2) is 24.3 Å². The molecular formula is C14H23N. The predicted octanol–water partition coefficient (Wildman–Crippen LogP) is 3.69. The van der Waals surface area contributed by atoms with E-state index in [4.69, 9.17) is 5.73 Å². The second-order valence-electron chi connectivity index (χ2n) is 4.15. The third-order valence-corrected chi connectivity index (χ3v) is 3.35. The van der Waals surface area contributed by atoms with Gasteiger partial charge in [-0.2, -0.15) is 0 Å². The molecule has 1 rings (SSSR count). The molecule has 84 valence electrons. The van der Waals surface area contributed by atoms with Crippen LogP contribution in [-0.4, -0.2) is 0 Å². The van der Waals surface area contributed by atoms with Gasteiger partial charge in [0, 0.05) is 6.04 Å². The minimum absolute atomic E-state index is 0.205.